The fourth-order valence-corrected chi connectivity index (χ4v) is 2.78. The summed E-state index contributed by atoms with van der Waals surface area (Å²) >= 11 is 5.87. The van der Waals surface area contributed by atoms with Gasteiger partial charge in [0.15, 0.2) is 0 Å². The fourth-order valence-electron chi connectivity index (χ4n) is 2.55. The molecule has 2 rings (SSSR count). The van der Waals surface area contributed by atoms with Gasteiger partial charge in [-0.3, -0.25) is 0 Å². The molecule has 1 aromatic carbocycles. The van der Waals surface area contributed by atoms with Gasteiger partial charge in [-0.2, -0.15) is 13.2 Å². The summed E-state index contributed by atoms with van der Waals surface area (Å²) in [6.45, 7) is 6.52. The third kappa shape index (κ3) is 4.27. The maximum absolute atomic E-state index is 12.9. The Morgan fingerprint density at radius 1 is 1.29 bits per heavy atom. The molecule has 2 nitrogen and oxygen atoms in total. The predicted molar refractivity (Wildman–Crippen MR) is 79.9 cm³/mol. The van der Waals surface area contributed by atoms with E-state index in [1.807, 2.05) is 4.90 Å². The van der Waals surface area contributed by atoms with Crippen LogP contribution in [0.3, 0.4) is 0 Å². The third-order valence-corrected chi connectivity index (χ3v) is 4.03. The van der Waals surface area contributed by atoms with Crippen LogP contribution in [0.2, 0.25) is 5.02 Å². The Balaban J connectivity index is 2.29. The monoisotopic (exact) mass is 320 g/mol. The molecule has 1 N–H and O–H groups in total. The molecule has 1 heterocycles. The molecule has 1 saturated heterocycles. The van der Waals surface area contributed by atoms with E-state index in [0.29, 0.717) is 18.2 Å². The van der Waals surface area contributed by atoms with Gasteiger partial charge < -0.3 is 10.2 Å². The molecule has 0 amide bonds. The Kier molecular flexibility index (Phi) is 5.04. The number of benzene rings is 1. The van der Waals surface area contributed by atoms with E-state index in [4.69, 9.17) is 11.6 Å². The number of nitrogens with one attached hydrogen (secondary N) is 1. The van der Waals surface area contributed by atoms with Gasteiger partial charge in [0.25, 0.3) is 0 Å². The number of alkyl halides is 3. The van der Waals surface area contributed by atoms with Gasteiger partial charge in [0, 0.05) is 29.8 Å². The predicted octanol–water partition coefficient (Wildman–Crippen LogP) is 4.18. The lowest BCUT2D eigenvalue weighted by Crippen LogP contribution is -2.41. The van der Waals surface area contributed by atoms with E-state index in [1.54, 1.807) is 6.07 Å². The molecule has 0 radical (unpaired) electrons. The zero-order chi connectivity index (χ0) is 15.6. The summed E-state index contributed by atoms with van der Waals surface area (Å²) in [5.74, 6) is 0.423. The standard InChI is InChI=1S/C15H20ClF3N2/c1-10(2)14-9-21(5-3-4-20-14)13-7-11(15(17,18)19)6-12(16)8-13/h6-8,10,14,20H,3-5,9H2,1-2H3. The summed E-state index contributed by atoms with van der Waals surface area (Å²) in [6.07, 6.45) is -3.47. The molecular weight excluding hydrogens is 301 g/mol. The highest BCUT2D eigenvalue weighted by atomic mass is 35.5. The topological polar surface area (TPSA) is 15.3 Å². The highest BCUT2D eigenvalue weighted by Crippen LogP contribution is 2.34. The second-order valence-electron chi connectivity index (χ2n) is 5.80. The second-order valence-corrected chi connectivity index (χ2v) is 6.24. The first-order chi connectivity index (χ1) is 9.77. The van der Waals surface area contributed by atoms with E-state index in [0.717, 1.165) is 25.6 Å². The van der Waals surface area contributed by atoms with Crippen molar-refractivity contribution in [1.82, 2.24) is 5.32 Å². The van der Waals surface area contributed by atoms with E-state index >= 15 is 0 Å². The Labute approximate surface area is 128 Å². The molecule has 0 spiro atoms. The fraction of sp³-hybridized carbons (Fsp3) is 0.600. The number of anilines is 1. The van der Waals surface area contributed by atoms with E-state index in [1.165, 1.54) is 6.07 Å². The van der Waals surface area contributed by atoms with Crippen molar-refractivity contribution in [2.24, 2.45) is 5.92 Å². The van der Waals surface area contributed by atoms with Crippen LogP contribution in [0.5, 0.6) is 0 Å². The molecule has 0 saturated carbocycles. The van der Waals surface area contributed by atoms with Gasteiger partial charge in [-0.15, -0.1) is 0 Å². The molecule has 0 aliphatic carbocycles. The van der Waals surface area contributed by atoms with Crippen molar-refractivity contribution >= 4 is 17.3 Å². The summed E-state index contributed by atoms with van der Waals surface area (Å²) in [7, 11) is 0. The first-order valence-corrected chi connectivity index (χ1v) is 7.51. The normalized spacial score (nSPS) is 20.7. The van der Waals surface area contributed by atoms with Gasteiger partial charge in [0.1, 0.15) is 0 Å². The lowest BCUT2D eigenvalue weighted by molar-refractivity contribution is -0.137. The van der Waals surface area contributed by atoms with E-state index in [9.17, 15) is 13.2 Å². The smallest absolute Gasteiger partial charge is 0.370 e. The number of hydrogen-bond donors (Lipinski definition) is 1. The van der Waals surface area contributed by atoms with Crippen LogP contribution in [0.1, 0.15) is 25.8 Å². The molecule has 1 atom stereocenters. The summed E-state index contributed by atoms with van der Waals surface area (Å²) in [6, 6.07) is 4.04. The minimum absolute atomic E-state index is 0.123. The summed E-state index contributed by atoms with van der Waals surface area (Å²) in [4.78, 5) is 1.99. The lowest BCUT2D eigenvalue weighted by Gasteiger charge is -2.29. The Morgan fingerprint density at radius 2 is 2.00 bits per heavy atom. The highest BCUT2D eigenvalue weighted by molar-refractivity contribution is 6.30. The number of rotatable bonds is 2. The average molecular weight is 321 g/mol. The van der Waals surface area contributed by atoms with Gasteiger partial charge in [0.2, 0.25) is 0 Å². The van der Waals surface area contributed by atoms with Crippen LogP contribution in [0, 0.1) is 5.92 Å². The minimum Gasteiger partial charge on any atom is -0.370 e. The van der Waals surface area contributed by atoms with Crippen LogP contribution >= 0.6 is 11.6 Å². The molecular formula is C15H20ClF3N2. The van der Waals surface area contributed by atoms with E-state index < -0.39 is 11.7 Å². The molecule has 1 aliphatic rings. The molecule has 1 unspecified atom stereocenters. The van der Waals surface area contributed by atoms with Gasteiger partial charge >= 0.3 is 6.18 Å². The SMILES string of the molecule is CC(C)C1CN(c2cc(Cl)cc(C(F)(F)F)c2)CCCN1. The first-order valence-electron chi connectivity index (χ1n) is 7.13. The molecule has 1 aromatic rings. The van der Waals surface area contributed by atoms with E-state index in [2.05, 4.69) is 19.2 Å². The Hall–Kier alpha value is -0.940. The highest BCUT2D eigenvalue weighted by Gasteiger charge is 2.32. The van der Waals surface area contributed by atoms with Crippen molar-refractivity contribution in [3.8, 4) is 0 Å². The Bertz CT molecular complexity index is 488. The largest absolute Gasteiger partial charge is 0.416 e. The lowest BCUT2D eigenvalue weighted by atomic mass is 10.0. The number of hydrogen-bond acceptors (Lipinski definition) is 2. The first kappa shape index (κ1) is 16.4. The van der Waals surface area contributed by atoms with Crippen LogP contribution in [-0.2, 0) is 6.18 Å². The maximum Gasteiger partial charge on any atom is 0.416 e. The minimum atomic E-state index is -4.37. The van der Waals surface area contributed by atoms with Crippen molar-refractivity contribution < 1.29 is 13.2 Å². The molecule has 0 aromatic heterocycles. The van der Waals surface area contributed by atoms with Gasteiger partial charge in [0.05, 0.1) is 5.56 Å². The summed E-state index contributed by atoms with van der Waals surface area (Å²) in [5, 5.41) is 3.57. The van der Waals surface area contributed by atoms with Crippen molar-refractivity contribution in [2.75, 3.05) is 24.5 Å². The maximum atomic E-state index is 12.9. The van der Waals surface area contributed by atoms with Crippen LogP contribution in [-0.4, -0.2) is 25.7 Å². The number of halogens is 4. The van der Waals surface area contributed by atoms with Crippen LogP contribution in [0.4, 0.5) is 18.9 Å². The molecule has 0 bridgehead atoms. The van der Waals surface area contributed by atoms with Crippen LogP contribution in [0.15, 0.2) is 18.2 Å². The summed E-state index contributed by atoms with van der Waals surface area (Å²) in [5.41, 5.74) is -0.146. The molecule has 118 valence electrons. The second kappa shape index (κ2) is 6.44. The average Bonchev–Trinajstić information content (AvgIpc) is 2.62. The van der Waals surface area contributed by atoms with E-state index in [-0.39, 0.29) is 11.1 Å². The Morgan fingerprint density at radius 3 is 2.62 bits per heavy atom. The zero-order valence-corrected chi connectivity index (χ0v) is 12.9. The summed E-state index contributed by atoms with van der Waals surface area (Å²) < 4.78 is 38.7. The van der Waals surface area contributed by atoms with Crippen LogP contribution in [0.25, 0.3) is 0 Å². The molecule has 1 aliphatic heterocycles. The molecule has 1 fully saturated rings. The van der Waals surface area contributed by atoms with Gasteiger partial charge in [-0.05, 0) is 37.1 Å². The molecule has 21 heavy (non-hydrogen) atoms. The zero-order valence-electron chi connectivity index (χ0n) is 12.2. The van der Waals surface area contributed by atoms with Crippen molar-refractivity contribution in [3.05, 3.63) is 28.8 Å². The molecule has 6 heteroatoms. The quantitative estimate of drug-likeness (QED) is 0.879. The van der Waals surface area contributed by atoms with Crippen molar-refractivity contribution in [3.63, 3.8) is 0 Å². The van der Waals surface area contributed by atoms with Gasteiger partial charge in [-0.1, -0.05) is 25.4 Å². The van der Waals surface area contributed by atoms with Gasteiger partial charge in [-0.25, -0.2) is 0 Å². The van der Waals surface area contributed by atoms with Crippen molar-refractivity contribution in [2.45, 2.75) is 32.5 Å². The van der Waals surface area contributed by atoms with Crippen LogP contribution < -0.4 is 10.2 Å². The van der Waals surface area contributed by atoms with Crippen molar-refractivity contribution in [1.29, 1.82) is 0 Å². The number of nitrogens with zero attached hydrogens (tertiary/aromatic N) is 1. The third-order valence-electron chi connectivity index (χ3n) is 3.81.